The highest BCUT2D eigenvalue weighted by Gasteiger charge is 2.39. The SMILES string of the molecule is C[C@@H](CC(O)(C(N)=O)c1ccccc1)c1nc2ccc(C#Cc3ccc4nc([C@@H](C)CC(O)(C(N)=O)c5ccccc5)[nH]c4c3)cc2[nH]1. The number of H-pyrrole nitrogens is 2. The van der Waals surface area contributed by atoms with Crippen molar-refractivity contribution in [3.8, 4) is 11.8 Å². The van der Waals surface area contributed by atoms with Crippen molar-refractivity contribution in [1.29, 1.82) is 0 Å². The van der Waals surface area contributed by atoms with E-state index in [1.165, 1.54) is 0 Å². The lowest BCUT2D eigenvalue weighted by molar-refractivity contribution is -0.139. The maximum Gasteiger partial charge on any atom is 0.254 e. The van der Waals surface area contributed by atoms with Gasteiger partial charge in [0.15, 0.2) is 11.2 Å². The first kappa shape index (κ1) is 32.2. The van der Waals surface area contributed by atoms with Gasteiger partial charge < -0.3 is 31.6 Å². The van der Waals surface area contributed by atoms with E-state index in [9.17, 15) is 19.8 Å². The van der Waals surface area contributed by atoms with Gasteiger partial charge in [0, 0.05) is 23.0 Å². The summed E-state index contributed by atoms with van der Waals surface area (Å²) in [5.41, 5.74) is 13.1. The molecule has 48 heavy (non-hydrogen) atoms. The summed E-state index contributed by atoms with van der Waals surface area (Å²) in [6.07, 6.45) is 0.128. The van der Waals surface area contributed by atoms with Crippen molar-refractivity contribution in [2.24, 2.45) is 11.5 Å². The number of imidazole rings is 2. The Balaban J connectivity index is 1.19. The normalized spacial score (nSPS) is 15.2. The minimum Gasteiger partial charge on any atom is -0.375 e. The van der Waals surface area contributed by atoms with Gasteiger partial charge in [0.05, 0.1) is 22.1 Å². The van der Waals surface area contributed by atoms with E-state index < -0.39 is 23.0 Å². The van der Waals surface area contributed by atoms with Gasteiger partial charge in [-0.2, -0.15) is 0 Å². The number of primary amides is 2. The van der Waals surface area contributed by atoms with Gasteiger partial charge in [0.2, 0.25) is 0 Å². The maximum atomic E-state index is 12.3. The van der Waals surface area contributed by atoms with Crippen LogP contribution in [-0.2, 0) is 20.8 Å². The molecule has 0 fully saturated rings. The van der Waals surface area contributed by atoms with Crippen molar-refractivity contribution in [3.63, 3.8) is 0 Å². The molecule has 2 unspecified atom stereocenters. The first-order valence-electron chi connectivity index (χ1n) is 15.6. The molecule has 10 heteroatoms. The Kier molecular flexibility index (Phi) is 8.58. The summed E-state index contributed by atoms with van der Waals surface area (Å²) in [6.45, 7) is 3.77. The van der Waals surface area contributed by atoms with E-state index in [-0.39, 0.29) is 24.7 Å². The van der Waals surface area contributed by atoms with Crippen molar-refractivity contribution in [2.75, 3.05) is 0 Å². The average Bonchev–Trinajstić information content (AvgIpc) is 3.72. The Morgan fingerprint density at radius 1 is 0.667 bits per heavy atom. The summed E-state index contributed by atoms with van der Waals surface area (Å²) in [4.78, 5) is 40.6. The van der Waals surface area contributed by atoms with E-state index in [0.717, 1.165) is 33.2 Å². The van der Waals surface area contributed by atoms with Gasteiger partial charge >= 0.3 is 0 Å². The van der Waals surface area contributed by atoms with Gasteiger partial charge in [0.1, 0.15) is 11.6 Å². The smallest absolute Gasteiger partial charge is 0.254 e. The molecule has 2 heterocycles. The molecular formula is C38H36N6O4. The van der Waals surface area contributed by atoms with Crippen LogP contribution < -0.4 is 11.5 Å². The fraction of sp³-hybridized carbons (Fsp3) is 0.211. The predicted octanol–water partition coefficient (Wildman–Crippen LogP) is 4.57. The molecule has 2 aromatic heterocycles. The molecule has 242 valence electrons. The van der Waals surface area contributed by atoms with E-state index in [0.29, 0.717) is 22.8 Å². The largest absolute Gasteiger partial charge is 0.375 e. The Morgan fingerprint density at radius 3 is 1.40 bits per heavy atom. The third-order valence-corrected chi connectivity index (χ3v) is 8.81. The number of nitrogens with zero attached hydrogens (tertiary/aromatic N) is 2. The van der Waals surface area contributed by atoms with Crippen molar-refractivity contribution in [2.45, 2.75) is 49.7 Å². The number of carbonyl (C=O) groups is 2. The lowest BCUT2D eigenvalue weighted by Gasteiger charge is -2.27. The molecule has 0 spiro atoms. The molecule has 8 N–H and O–H groups in total. The van der Waals surface area contributed by atoms with Gasteiger partial charge in [0.25, 0.3) is 11.8 Å². The van der Waals surface area contributed by atoms with E-state index in [2.05, 4.69) is 31.8 Å². The van der Waals surface area contributed by atoms with Crippen LogP contribution in [0.4, 0.5) is 0 Å². The molecule has 4 aromatic carbocycles. The van der Waals surface area contributed by atoms with Crippen molar-refractivity contribution in [3.05, 3.63) is 131 Å². The van der Waals surface area contributed by atoms with Crippen LogP contribution in [-0.4, -0.2) is 42.0 Å². The van der Waals surface area contributed by atoms with E-state index in [1.807, 2.05) is 62.4 Å². The van der Waals surface area contributed by atoms with Crippen molar-refractivity contribution < 1.29 is 19.8 Å². The predicted molar refractivity (Wildman–Crippen MR) is 183 cm³/mol. The summed E-state index contributed by atoms with van der Waals surface area (Å²) in [5.74, 6) is 5.42. The minimum absolute atomic E-state index is 0.0639. The fourth-order valence-corrected chi connectivity index (χ4v) is 6.05. The van der Waals surface area contributed by atoms with Crippen LogP contribution in [0.15, 0.2) is 97.1 Å². The summed E-state index contributed by atoms with van der Waals surface area (Å²) < 4.78 is 0. The molecule has 0 radical (unpaired) electrons. The lowest BCUT2D eigenvalue weighted by atomic mass is 9.84. The topological polar surface area (TPSA) is 184 Å². The number of hydrogen-bond donors (Lipinski definition) is 6. The van der Waals surface area contributed by atoms with Crippen LogP contribution in [0, 0.1) is 11.8 Å². The minimum atomic E-state index is -1.83. The van der Waals surface area contributed by atoms with Gasteiger partial charge in [-0.1, -0.05) is 86.4 Å². The molecule has 10 nitrogen and oxygen atoms in total. The van der Waals surface area contributed by atoms with Crippen LogP contribution in [0.25, 0.3) is 22.1 Å². The van der Waals surface area contributed by atoms with Crippen LogP contribution in [0.5, 0.6) is 0 Å². The second-order valence-electron chi connectivity index (χ2n) is 12.3. The van der Waals surface area contributed by atoms with Crippen LogP contribution >= 0.6 is 0 Å². The molecule has 0 aliphatic rings. The molecule has 0 saturated carbocycles. The Bertz CT molecular complexity index is 2030. The molecular weight excluding hydrogens is 604 g/mol. The molecule has 6 aromatic rings. The maximum absolute atomic E-state index is 12.3. The van der Waals surface area contributed by atoms with E-state index in [1.54, 1.807) is 48.5 Å². The molecule has 0 bridgehead atoms. The number of carbonyl (C=O) groups excluding carboxylic acids is 2. The highest BCUT2D eigenvalue weighted by molar-refractivity contribution is 5.85. The van der Waals surface area contributed by atoms with Crippen molar-refractivity contribution in [1.82, 2.24) is 19.9 Å². The molecule has 0 saturated heterocycles. The quantitative estimate of drug-likeness (QED) is 0.119. The van der Waals surface area contributed by atoms with Crippen LogP contribution in [0.2, 0.25) is 0 Å². The number of hydrogen-bond acceptors (Lipinski definition) is 6. The molecule has 4 atom stereocenters. The Labute approximate surface area is 277 Å². The number of aromatic nitrogens is 4. The summed E-state index contributed by atoms with van der Waals surface area (Å²) in [7, 11) is 0. The number of benzene rings is 4. The summed E-state index contributed by atoms with van der Waals surface area (Å²) in [6, 6.07) is 28.7. The second-order valence-corrected chi connectivity index (χ2v) is 12.3. The first-order chi connectivity index (χ1) is 23.0. The molecule has 0 aliphatic carbocycles. The highest BCUT2D eigenvalue weighted by Crippen LogP contribution is 2.34. The molecule has 0 aliphatic heterocycles. The molecule has 6 rings (SSSR count). The number of aromatic amines is 2. The monoisotopic (exact) mass is 640 g/mol. The zero-order valence-electron chi connectivity index (χ0n) is 26.6. The summed E-state index contributed by atoms with van der Waals surface area (Å²) in [5, 5.41) is 22.4. The van der Waals surface area contributed by atoms with Gasteiger partial charge in [-0.25, -0.2) is 9.97 Å². The lowest BCUT2D eigenvalue weighted by Crippen LogP contribution is -2.42. The number of aliphatic hydroxyl groups is 2. The number of amides is 2. The Hall–Kier alpha value is -5.76. The van der Waals surface area contributed by atoms with Gasteiger partial charge in [-0.15, -0.1) is 0 Å². The number of rotatable bonds is 10. The highest BCUT2D eigenvalue weighted by atomic mass is 16.3. The van der Waals surface area contributed by atoms with E-state index >= 15 is 0 Å². The standard InChI is InChI=1S/C38H36N6O4/c1-23(21-37(47,35(39)45)27-9-5-3-6-10-27)33-41-29-17-15-25(19-31(29)43-33)13-14-26-16-18-30-32(20-26)44-34(42-30)24(2)22-38(48,36(40)46)28-11-7-4-8-12-28/h3-12,15-20,23-24,47-48H,21-22H2,1-2H3,(H2,39,45)(H2,40,46)(H,41,43)(H,42,44)/t23-,24-,37?,38?/m0/s1. The molecule has 2 amide bonds. The van der Waals surface area contributed by atoms with Gasteiger partial charge in [-0.05, 0) is 60.4 Å². The zero-order valence-corrected chi connectivity index (χ0v) is 26.6. The Morgan fingerprint density at radius 2 is 1.04 bits per heavy atom. The number of fused-ring (bicyclic) bond motifs is 2. The first-order valence-corrected chi connectivity index (χ1v) is 15.6. The number of nitrogens with two attached hydrogens (primary N) is 2. The number of nitrogens with one attached hydrogen (secondary N) is 2. The average molecular weight is 641 g/mol. The van der Waals surface area contributed by atoms with Crippen molar-refractivity contribution >= 4 is 33.9 Å². The van der Waals surface area contributed by atoms with Gasteiger partial charge in [-0.3, -0.25) is 9.59 Å². The third-order valence-electron chi connectivity index (χ3n) is 8.81. The zero-order chi connectivity index (χ0) is 34.1. The summed E-state index contributed by atoms with van der Waals surface area (Å²) >= 11 is 0. The fourth-order valence-electron chi connectivity index (χ4n) is 6.05. The third kappa shape index (κ3) is 6.29. The van der Waals surface area contributed by atoms with Crippen LogP contribution in [0.1, 0.15) is 72.4 Å². The van der Waals surface area contributed by atoms with Crippen LogP contribution in [0.3, 0.4) is 0 Å². The second kappa shape index (κ2) is 12.8. The van der Waals surface area contributed by atoms with E-state index in [4.69, 9.17) is 11.5 Å².